The lowest BCUT2D eigenvalue weighted by atomic mass is 10.1. The van der Waals surface area contributed by atoms with Crippen molar-refractivity contribution >= 4 is 0 Å². The van der Waals surface area contributed by atoms with E-state index in [1.807, 2.05) is 12.2 Å². The summed E-state index contributed by atoms with van der Waals surface area (Å²) >= 11 is 0. The van der Waals surface area contributed by atoms with Crippen LogP contribution in [0.25, 0.3) is 0 Å². The van der Waals surface area contributed by atoms with E-state index in [1.54, 1.807) is 0 Å². The van der Waals surface area contributed by atoms with Crippen molar-refractivity contribution < 1.29 is 0 Å². The standard InChI is InChI=1S/C11H19N.CH5N/c1-3-11(4-2)10-12-8-6-5-7-9-12;1-2/h3-4,11H,1-2,5-10H2;2H2,1H3. The number of rotatable bonds is 4. The Kier molecular flexibility index (Phi) is 8.59. The summed E-state index contributed by atoms with van der Waals surface area (Å²) in [6.07, 6.45) is 8.11. The monoisotopic (exact) mass is 196 g/mol. The van der Waals surface area contributed by atoms with E-state index in [-0.39, 0.29) is 0 Å². The van der Waals surface area contributed by atoms with Crippen molar-refractivity contribution in [2.75, 3.05) is 26.7 Å². The van der Waals surface area contributed by atoms with Crippen LogP contribution in [0.3, 0.4) is 0 Å². The minimum Gasteiger partial charge on any atom is -0.333 e. The summed E-state index contributed by atoms with van der Waals surface area (Å²) in [6.45, 7) is 11.2. The normalized spacial score (nSPS) is 17.1. The van der Waals surface area contributed by atoms with E-state index in [1.165, 1.54) is 39.4 Å². The Morgan fingerprint density at radius 1 is 1.14 bits per heavy atom. The molecule has 1 heterocycles. The Morgan fingerprint density at radius 2 is 1.64 bits per heavy atom. The topological polar surface area (TPSA) is 29.3 Å². The Morgan fingerprint density at radius 3 is 2.07 bits per heavy atom. The Labute approximate surface area is 88.5 Å². The number of likely N-dealkylation sites (tertiary alicyclic amines) is 1. The van der Waals surface area contributed by atoms with Gasteiger partial charge >= 0.3 is 0 Å². The summed E-state index contributed by atoms with van der Waals surface area (Å²) in [7, 11) is 1.50. The molecule has 14 heavy (non-hydrogen) atoms. The molecule has 2 nitrogen and oxygen atoms in total. The van der Waals surface area contributed by atoms with Crippen molar-refractivity contribution in [2.45, 2.75) is 19.3 Å². The van der Waals surface area contributed by atoms with Crippen LogP contribution < -0.4 is 5.73 Å². The Bertz CT molecular complexity index is 140. The van der Waals surface area contributed by atoms with Gasteiger partial charge in [0.1, 0.15) is 0 Å². The molecule has 0 aromatic rings. The largest absolute Gasteiger partial charge is 0.333 e. The van der Waals surface area contributed by atoms with E-state index < -0.39 is 0 Å². The zero-order chi connectivity index (χ0) is 10.8. The highest BCUT2D eigenvalue weighted by atomic mass is 15.1. The molecule has 0 aromatic heterocycles. The first kappa shape index (κ1) is 13.4. The molecule has 2 heteroatoms. The minimum atomic E-state index is 0.475. The lowest BCUT2D eigenvalue weighted by Crippen LogP contribution is -2.33. The Balaban J connectivity index is 0.000000791. The van der Waals surface area contributed by atoms with Gasteiger partial charge in [-0.2, -0.15) is 0 Å². The summed E-state index contributed by atoms with van der Waals surface area (Å²) < 4.78 is 0. The van der Waals surface area contributed by atoms with E-state index in [0.717, 1.165) is 6.54 Å². The Hall–Kier alpha value is -0.600. The van der Waals surface area contributed by atoms with Gasteiger partial charge in [0, 0.05) is 12.5 Å². The molecule has 0 amide bonds. The number of nitrogens with two attached hydrogens (primary N) is 1. The molecule has 0 aromatic carbocycles. The first-order valence-corrected chi connectivity index (χ1v) is 5.42. The molecule has 0 aliphatic carbocycles. The summed E-state index contributed by atoms with van der Waals surface area (Å²) in [4.78, 5) is 2.51. The van der Waals surface area contributed by atoms with Crippen LogP contribution in [-0.4, -0.2) is 31.6 Å². The third kappa shape index (κ3) is 5.20. The van der Waals surface area contributed by atoms with E-state index >= 15 is 0 Å². The van der Waals surface area contributed by atoms with Crippen molar-refractivity contribution in [1.82, 2.24) is 4.90 Å². The van der Waals surface area contributed by atoms with E-state index in [2.05, 4.69) is 23.8 Å². The maximum atomic E-state index is 4.50. The van der Waals surface area contributed by atoms with Crippen LogP contribution in [0.1, 0.15) is 19.3 Å². The molecule has 1 rings (SSSR count). The molecule has 1 aliphatic heterocycles. The highest BCUT2D eigenvalue weighted by Gasteiger charge is 2.11. The van der Waals surface area contributed by atoms with Gasteiger partial charge in [-0.05, 0) is 33.0 Å². The van der Waals surface area contributed by atoms with Gasteiger partial charge in [0.25, 0.3) is 0 Å². The fraction of sp³-hybridized carbons (Fsp3) is 0.667. The molecule has 0 atom stereocenters. The second kappa shape index (κ2) is 8.97. The molecule has 1 fully saturated rings. The quantitative estimate of drug-likeness (QED) is 0.697. The third-order valence-electron chi connectivity index (χ3n) is 2.52. The number of piperidine rings is 1. The summed E-state index contributed by atoms with van der Waals surface area (Å²) in [6, 6.07) is 0. The maximum absolute atomic E-state index is 4.50. The lowest BCUT2D eigenvalue weighted by molar-refractivity contribution is 0.219. The van der Waals surface area contributed by atoms with Gasteiger partial charge < -0.3 is 10.6 Å². The molecule has 0 bridgehead atoms. The second-order valence-electron chi connectivity index (χ2n) is 3.50. The first-order valence-electron chi connectivity index (χ1n) is 5.42. The molecule has 1 saturated heterocycles. The summed E-state index contributed by atoms with van der Waals surface area (Å²) in [5.74, 6) is 0.475. The smallest absolute Gasteiger partial charge is 0.00790 e. The van der Waals surface area contributed by atoms with Crippen LogP contribution in [0.15, 0.2) is 25.3 Å². The highest BCUT2D eigenvalue weighted by molar-refractivity contribution is 4.93. The SMILES string of the molecule is C=CC(C=C)CN1CCCCC1.CN. The minimum absolute atomic E-state index is 0.475. The van der Waals surface area contributed by atoms with Crippen molar-refractivity contribution in [3.8, 4) is 0 Å². The lowest BCUT2D eigenvalue weighted by Gasteiger charge is -2.28. The van der Waals surface area contributed by atoms with Crippen molar-refractivity contribution in [1.29, 1.82) is 0 Å². The summed E-state index contributed by atoms with van der Waals surface area (Å²) in [5.41, 5.74) is 4.50. The maximum Gasteiger partial charge on any atom is 0.00790 e. The molecule has 0 radical (unpaired) electrons. The van der Waals surface area contributed by atoms with Crippen LogP contribution >= 0.6 is 0 Å². The zero-order valence-electron chi connectivity index (χ0n) is 9.41. The average Bonchev–Trinajstić information content (AvgIpc) is 2.30. The molecule has 0 spiro atoms. The van der Waals surface area contributed by atoms with Crippen molar-refractivity contribution in [2.24, 2.45) is 11.7 Å². The van der Waals surface area contributed by atoms with Crippen LogP contribution in [-0.2, 0) is 0 Å². The molecule has 82 valence electrons. The van der Waals surface area contributed by atoms with E-state index in [4.69, 9.17) is 0 Å². The van der Waals surface area contributed by atoms with Crippen molar-refractivity contribution in [3.05, 3.63) is 25.3 Å². The van der Waals surface area contributed by atoms with E-state index in [0.29, 0.717) is 5.92 Å². The molecular formula is C12H24N2. The van der Waals surface area contributed by atoms with Gasteiger partial charge in [-0.25, -0.2) is 0 Å². The van der Waals surface area contributed by atoms with Crippen LogP contribution in [0, 0.1) is 5.92 Å². The second-order valence-corrected chi connectivity index (χ2v) is 3.50. The van der Waals surface area contributed by atoms with Gasteiger partial charge in [-0.3, -0.25) is 0 Å². The molecule has 1 aliphatic rings. The van der Waals surface area contributed by atoms with Crippen LogP contribution in [0.5, 0.6) is 0 Å². The molecule has 2 N–H and O–H groups in total. The van der Waals surface area contributed by atoms with Gasteiger partial charge in [0.2, 0.25) is 0 Å². The number of hydrogen-bond acceptors (Lipinski definition) is 2. The summed E-state index contributed by atoms with van der Waals surface area (Å²) in [5, 5.41) is 0. The van der Waals surface area contributed by atoms with Crippen molar-refractivity contribution in [3.63, 3.8) is 0 Å². The predicted molar refractivity (Wildman–Crippen MR) is 64.3 cm³/mol. The highest BCUT2D eigenvalue weighted by Crippen LogP contribution is 2.11. The number of hydrogen-bond donors (Lipinski definition) is 1. The van der Waals surface area contributed by atoms with Crippen LogP contribution in [0.4, 0.5) is 0 Å². The van der Waals surface area contributed by atoms with Crippen LogP contribution in [0.2, 0.25) is 0 Å². The third-order valence-corrected chi connectivity index (χ3v) is 2.52. The fourth-order valence-electron chi connectivity index (χ4n) is 1.69. The number of nitrogens with zero attached hydrogens (tertiary/aromatic N) is 1. The molecule has 0 saturated carbocycles. The molecule has 0 unspecified atom stereocenters. The van der Waals surface area contributed by atoms with Gasteiger partial charge in [0.05, 0.1) is 0 Å². The van der Waals surface area contributed by atoms with Gasteiger partial charge in [0.15, 0.2) is 0 Å². The molecular weight excluding hydrogens is 172 g/mol. The van der Waals surface area contributed by atoms with E-state index in [9.17, 15) is 0 Å². The predicted octanol–water partition coefficient (Wildman–Crippen LogP) is 2.04. The zero-order valence-corrected chi connectivity index (χ0v) is 9.41. The fourth-order valence-corrected chi connectivity index (χ4v) is 1.69. The first-order chi connectivity index (χ1) is 6.86. The van der Waals surface area contributed by atoms with Gasteiger partial charge in [-0.15, -0.1) is 13.2 Å². The average molecular weight is 196 g/mol. The van der Waals surface area contributed by atoms with Gasteiger partial charge in [-0.1, -0.05) is 18.6 Å².